The molecule has 0 spiro atoms. The van der Waals surface area contributed by atoms with Crippen molar-refractivity contribution in [1.82, 2.24) is 4.98 Å². The van der Waals surface area contributed by atoms with Crippen LogP contribution in [0.2, 0.25) is 0 Å². The minimum atomic E-state index is 0.102. The van der Waals surface area contributed by atoms with Gasteiger partial charge < -0.3 is 0 Å². The monoisotopic (exact) mass is 293 g/mol. The first-order valence-corrected chi connectivity index (χ1v) is 8.00. The fraction of sp³-hybridized carbons (Fsp3) is 0.111. The van der Waals surface area contributed by atoms with E-state index < -0.39 is 0 Å². The summed E-state index contributed by atoms with van der Waals surface area (Å²) in [7, 11) is 0. The van der Waals surface area contributed by atoms with Crippen molar-refractivity contribution >= 4 is 28.4 Å². The molecule has 2 nitrogen and oxygen atoms in total. The van der Waals surface area contributed by atoms with Gasteiger partial charge in [-0.2, -0.15) is 0 Å². The van der Waals surface area contributed by atoms with Gasteiger partial charge in [0.15, 0.2) is 5.78 Å². The van der Waals surface area contributed by atoms with Crippen LogP contribution in [0.3, 0.4) is 0 Å². The third-order valence-electron chi connectivity index (χ3n) is 3.41. The van der Waals surface area contributed by atoms with Crippen molar-refractivity contribution in [3.8, 4) is 0 Å². The molecule has 0 aliphatic heterocycles. The molecule has 0 aliphatic carbocycles. The lowest BCUT2D eigenvalue weighted by atomic mass is 10.1. The predicted octanol–water partition coefficient (Wildman–Crippen LogP) is 4.38. The van der Waals surface area contributed by atoms with Crippen LogP contribution in [0.1, 0.15) is 16.1 Å². The van der Waals surface area contributed by atoms with Gasteiger partial charge in [0, 0.05) is 21.5 Å². The van der Waals surface area contributed by atoms with Gasteiger partial charge in [-0.25, -0.2) is 0 Å². The Bertz CT molecular complexity index is 781. The number of Topliss-reactive ketones (excluding diaryl/α,β-unsaturated/α-hetero) is 1. The van der Waals surface area contributed by atoms with E-state index >= 15 is 0 Å². The Balaban J connectivity index is 1.81. The molecule has 0 fully saturated rings. The van der Waals surface area contributed by atoms with Gasteiger partial charge in [-0.05, 0) is 30.5 Å². The Morgan fingerprint density at radius 2 is 1.76 bits per heavy atom. The highest BCUT2D eigenvalue weighted by molar-refractivity contribution is 7.98. The maximum absolute atomic E-state index is 12.3. The summed E-state index contributed by atoms with van der Waals surface area (Å²) in [6, 6.07) is 19.6. The zero-order valence-corrected chi connectivity index (χ0v) is 12.6. The van der Waals surface area contributed by atoms with E-state index in [4.69, 9.17) is 0 Å². The molecular formula is C18H15NOS. The summed E-state index contributed by atoms with van der Waals surface area (Å²) in [6.07, 6.45) is 2.36. The highest BCUT2D eigenvalue weighted by Crippen LogP contribution is 2.17. The number of aromatic nitrogens is 1. The summed E-state index contributed by atoms with van der Waals surface area (Å²) in [4.78, 5) is 18.0. The molecule has 3 aromatic rings. The molecule has 0 saturated carbocycles. The number of hydrogen-bond donors (Lipinski definition) is 0. The fourth-order valence-corrected chi connectivity index (χ4v) is 2.66. The van der Waals surface area contributed by atoms with Crippen molar-refractivity contribution in [1.29, 1.82) is 0 Å². The van der Waals surface area contributed by atoms with E-state index in [1.807, 2.05) is 66.9 Å². The van der Waals surface area contributed by atoms with Gasteiger partial charge in [0.25, 0.3) is 0 Å². The van der Waals surface area contributed by atoms with Gasteiger partial charge in [-0.15, -0.1) is 11.8 Å². The highest BCUT2D eigenvalue weighted by atomic mass is 32.2. The summed E-state index contributed by atoms with van der Waals surface area (Å²) in [5, 5.41) is 1.10. The third kappa shape index (κ3) is 3.14. The number of rotatable bonds is 4. The number of hydrogen-bond acceptors (Lipinski definition) is 3. The van der Waals surface area contributed by atoms with Crippen molar-refractivity contribution in [2.24, 2.45) is 0 Å². The number of thioether (sulfide) groups is 1. The number of ketones is 1. The first-order valence-electron chi connectivity index (χ1n) is 6.78. The van der Waals surface area contributed by atoms with Crippen molar-refractivity contribution < 1.29 is 4.79 Å². The average molecular weight is 293 g/mol. The average Bonchev–Trinajstić information content (AvgIpc) is 2.55. The minimum absolute atomic E-state index is 0.102. The van der Waals surface area contributed by atoms with Crippen LogP contribution in [-0.2, 0) is 6.42 Å². The molecule has 0 N–H and O–H groups in total. The minimum Gasteiger partial charge on any atom is -0.294 e. The van der Waals surface area contributed by atoms with Crippen molar-refractivity contribution in [3.63, 3.8) is 0 Å². The van der Waals surface area contributed by atoms with Crippen LogP contribution < -0.4 is 0 Å². The summed E-state index contributed by atoms with van der Waals surface area (Å²) >= 11 is 1.67. The Morgan fingerprint density at radius 1 is 1.00 bits per heavy atom. The third-order valence-corrected chi connectivity index (χ3v) is 4.15. The zero-order chi connectivity index (χ0) is 14.7. The topological polar surface area (TPSA) is 30.0 Å². The standard InChI is InChI=1S/C18H15NOS/c1-21-16-10-7-14(8-11-16)18(20)12-15-9-6-13-4-2-3-5-17(13)19-15/h2-11H,12H2,1H3. The van der Waals surface area contributed by atoms with Crippen LogP contribution in [-0.4, -0.2) is 17.0 Å². The smallest absolute Gasteiger partial charge is 0.168 e. The van der Waals surface area contributed by atoms with Crippen LogP contribution in [0.5, 0.6) is 0 Å². The number of carbonyl (C=O) groups excluding carboxylic acids is 1. The molecule has 0 atom stereocenters. The van der Waals surface area contributed by atoms with E-state index in [1.54, 1.807) is 11.8 Å². The molecule has 104 valence electrons. The molecule has 0 bridgehead atoms. The second-order valence-corrected chi connectivity index (χ2v) is 5.70. The van der Waals surface area contributed by atoms with Crippen LogP contribution >= 0.6 is 11.8 Å². The summed E-state index contributed by atoms with van der Waals surface area (Å²) in [5.74, 6) is 0.102. The van der Waals surface area contributed by atoms with Crippen LogP contribution in [0.15, 0.2) is 65.6 Å². The van der Waals surface area contributed by atoms with Crippen LogP contribution in [0.4, 0.5) is 0 Å². The molecule has 1 aromatic heterocycles. The Morgan fingerprint density at radius 3 is 2.52 bits per heavy atom. The van der Waals surface area contributed by atoms with Crippen molar-refractivity contribution in [2.75, 3.05) is 6.26 Å². The lowest BCUT2D eigenvalue weighted by molar-refractivity contribution is 0.0992. The molecule has 1 heterocycles. The second kappa shape index (κ2) is 6.10. The molecule has 3 heteroatoms. The number of fused-ring (bicyclic) bond motifs is 1. The van der Waals surface area contributed by atoms with Gasteiger partial charge in [-0.1, -0.05) is 36.4 Å². The van der Waals surface area contributed by atoms with Gasteiger partial charge in [0.1, 0.15) is 0 Å². The highest BCUT2D eigenvalue weighted by Gasteiger charge is 2.08. The SMILES string of the molecule is CSc1ccc(C(=O)Cc2ccc3ccccc3n2)cc1. The van der Waals surface area contributed by atoms with Gasteiger partial charge in [0.05, 0.1) is 11.9 Å². The summed E-state index contributed by atoms with van der Waals surface area (Å²) < 4.78 is 0. The van der Waals surface area contributed by atoms with E-state index in [0.717, 1.165) is 27.1 Å². The molecule has 21 heavy (non-hydrogen) atoms. The lowest BCUT2D eigenvalue weighted by Crippen LogP contribution is -2.05. The van der Waals surface area contributed by atoms with Crippen LogP contribution in [0, 0.1) is 0 Å². The first-order chi connectivity index (χ1) is 10.3. The van der Waals surface area contributed by atoms with Crippen molar-refractivity contribution in [3.05, 3.63) is 71.9 Å². The fourth-order valence-electron chi connectivity index (χ4n) is 2.25. The maximum atomic E-state index is 12.3. The van der Waals surface area contributed by atoms with Gasteiger partial charge in [-0.3, -0.25) is 9.78 Å². The maximum Gasteiger partial charge on any atom is 0.168 e. The molecule has 3 rings (SSSR count). The van der Waals surface area contributed by atoms with E-state index in [1.165, 1.54) is 0 Å². The van der Waals surface area contributed by atoms with Gasteiger partial charge >= 0.3 is 0 Å². The Labute approximate surface area is 128 Å². The largest absolute Gasteiger partial charge is 0.294 e. The number of benzene rings is 2. The second-order valence-electron chi connectivity index (χ2n) is 4.82. The number of pyridine rings is 1. The normalized spacial score (nSPS) is 10.7. The predicted molar refractivity (Wildman–Crippen MR) is 88.0 cm³/mol. The van der Waals surface area contributed by atoms with Crippen LogP contribution in [0.25, 0.3) is 10.9 Å². The molecule has 0 unspecified atom stereocenters. The zero-order valence-electron chi connectivity index (χ0n) is 11.7. The Kier molecular flexibility index (Phi) is 4.02. The lowest BCUT2D eigenvalue weighted by Gasteiger charge is -2.04. The summed E-state index contributed by atoms with van der Waals surface area (Å²) in [6.45, 7) is 0. The molecular weight excluding hydrogens is 278 g/mol. The van der Waals surface area contributed by atoms with Gasteiger partial charge in [0.2, 0.25) is 0 Å². The molecule has 0 amide bonds. The Hall–Kier alpha value is -2.13. The molecule has 0 radical (unpaired) electrons. The molecule has 0 saturated heterocycles. The number of nitrogens with zero attached hydrogens (tertiary/aromatic N) is 1. The van der Waals surface area contributed by atoms with E-state index in [0.29, 0.717) is 6.42 Å². The number of carbonyl (C=O) groups is 1. The first kappa shape index (κ1) is 13.8. The quantitative estimate of drug-likeness (QED) is 0.528. The van der Waals surface area contributed by atoms with E-state index in [9.17, 15) is 4.79 Å². The van der Waals surface area contributed by atoms with E-state index in [-0.39, 0.29) is 5.78 Å². The van der Waals surface area contributed by atoms with E-state index in [2.05, 4.69) is 4.98 Å². The van der Waals surface area contributed by atoms with Crippen molar-refractivity contribution in [2.45, 2.75) is 11.3 Å². The summed E-state index contributed by atoms with van der Waals surface area (Å²) in [5.41, 5.74) is 2.48. The molecule has 0 aliphatic rings. The molecule has 2 aromatic carbocycles. The number of para-hydroxylation sites is 1.